The van der Waals surface area contributed by atoms with Crippen LogP contribution in [-0.2, 0) is 84.6 Å². The Labute approximate surface area is 603 Å². The van der Waals surface area contributed by atoms with Gasteiger partial charge in [0.25, 0.3) is 5.91 Å². The number of rotatable bonds is 43. The predicted octanol–water partition coefficient (Wildman–Crippen LogP) is 15.3. The molecule has 0 spiro atoms. The normalized spacial score (nSPS) is 12.8. The molecule has 0 aliphatic heterocycles. The number of pyridine rings is 4. The third-order valence-electron chi connectivity index (χ3n) is 17.5. The SMILES string of the molecule is CCCCCC(=O)Nc1cccc(CN(Cc2cc(CN(Cc3ccccn3)Cc3cccc(NC(=O)CCCCC)n3)cc(OCCCCN(Cc3ccc(C(=O)NCCOCCOCCCC(=O)OC(C)(C)C)cc3)C(=O)C3(c4ccc(Cl)cc4)CCCCC3)c2)Cc2ccccn2)n1. The summed E-state index contributed by atoms with van der Waals surface area (Å²) in [5, 5.41) is 9.61. The van der Waals surface area contributed by atoms with E-state index in [4.69, 9.17) is 50.5 Å². The van der Waals surface area contributed by atoms with Gasteiger partial charge in [-0.25, -0.2) is 9.97 Å². The molecule has 3 aromatic carbocycles. The molecule has 540 valence electrons. The van der Waals surface area contributed by atoms with Crippen molar-refractivity contribution in [3.63, 3.8) is 0 Å². The molecule has 0 atom stereocenters. The molecule has 1 saturated carbocycles. The zero-order valence-electron chi connectivity index (χ0n) is 60.0. The maximum Gasteiger partial charge on any atom is 0.306 e. The van der Waals surface area contributed by atoms with Gasteiger partial charge in [0.1, 0.15) is 23.0 Å². The molecule has 1 aliphatic carbocycles. The third-order valence-corrected chi connectivity index (χ3v) is 17.7. The number of benzene rings is 3. The molecule has 4 aromatic heterocycles. The minimum atomic E-state index is -0.716. The van der Waals surface area contributed by atoms with Gasteiger partial charge < -0.3 is 39.8 Å². The fourth-order valence-corrected chi connectivity index (χ4v) is 12.7. The molecule has 101 heavy (non-hydrogen) atoms. The highest BCUT2D eigenvalue weighted by molar-refractivity contribution is 6.30. The van der Waals surface area contributed by atoms with Crippen molar-refractivity contribution in [2.24, 2.45) is 0 Å². The topological polar surface area (TPSA) is 220 Å². The Balaban J connectivity index is 0.995. The summed E-state index contributed by atoms with van der Waals surface area (Å²) in [6, 6.07) is 45.0. The summed E-state index contributed by atoms with van der Waals surface area (Å²) in [5.41, 5.74) is 6.56. The monoisotopic (exact) mass is 1400 g/mol. The highest BCUT2D eigenvalue weighted by Crippen LogP contribution is 2.42. The van der Waals surface area contributed by atoms with Gasteiger partial charge in [0.15, 0.2) is 0 Å². The zero-order valence-corrected chi connectivity index (χ0v) is 60.8. The molecule has 3 N–H and O–H groups in total. The Morgan fingerprint density at radius 3 is 1.62 bits per heavy atom. The Hall–Kier alpha value is -8.46. The molecule has 0 unspecified atom stereocenters. The second-order valence-electron chi connectivity index (χ2n) is 27.3. The maximum absolute atomic E-state index is 15.5. The molecule has 8 rings (SSSR count). The molecule has 0 saturated heterocycles. The number of carbonyl (C=O) groups excluding carboxylic acids is 5. The number of aromatic nitrogens is 4. The van der Waals surface area contributed by atoms with Crippen LogP contribution in [0, 0.1) is 0 Å². The van der Waals surface area contributed by atoms with Crippen LogP contribution in [0.3, 0.4) is 0 Å². The molecular weight excluding hydrogens is 1290 g/mol. The van der Waals surface area contributed by atoms with Crippen LogP contribution in [0.25, 0.3) is 0 Å². The number of esters is 1. The minimum absolute atomic E-state index is 0.0491. The number of halogens is 1. The average Bonchev–Trinajstić information content (AvgIpc) is 0.773. The highest BCUT2D eigenvalue weighted by atomic mass is 35.5. The van der Waals surface area contributed by atoms with Gasteiger partial charge in [-0.15, -0.1) is 0 Å². The molecule has 0 radical (unpaired) electrons. The molecule has 7 aromatic rings. The van der Waals surface area contributed by atoms with Gasteiger partial charge in [-0.3, -0.25) is 43.7 Å². The molecular formula is C81H105ClN10O9. The summed E-state index contributed by atoms with van der Waals surface area (Å²) in [4.78, 5) is 92.7. The lowest BCUT2D eigenvalue weighted by Crippen LogP contribution is -2.48. The summed E-state index contributed by atoms with van der Waals surface area (Å²) < 4.78 is 23.5. The van der Waals surface area contributed by atoms with Gasteiger partial charge in [0.05, 0.1) is 54.6 Å². The van der Waals surface area contributed by atoms with Crippen LogP contribution in [0.1, 0.15) is 199 Å². The number of anilines is 2. The first-order valence-corrected chi connectivity index (χ1v) is 36.7. The second kappa shape index (κ2) is 42.1. The zero-order chi connectivity index (χ0) is 71.5. The number of nitrogens with one attached hydrogen (secondary N) is 3. The van der Waals surface area contributed by atoms with Crippen LogP contribution in [0.2, 0.25) is 5.02 Å². The van der Waals surface area contributed by atoms with Crippen LogP contribution in [0.4, 0.5) is 11.6 Å². The average molecular weight is 1400 g/mol. The summed E-state index contributed by atoms with van der Waals surface area (Å²) in [5.74, 6) is 1.25. The number of amides is 4. The number of hydrogen-bond acceptors (Lipinski definition) is 15. The fraction of sp³-hybridized carbons (Fsp3) is 0.469. The largest absolute Gasteiger partial charge is 0.494 e. The van der Waals surface area contributed by atoms with E-state index in [0.29, 0.717) is 152 Å². The number of carbonyl (C=O) groups is 5. The van der Waals surface area contributed by atoms with Crippen LogP contribution < -0.4 is 20.7 Å². The summed E-state index contributed by atoms with van der Waals surface area (Å²) >= 11 is 6.46. The second-order valence-corrected chi connectivity index (χ2v) is 27.7. The third kappa shape index (κ3) is 28.1. The van der Waals surface area contributed by atoms with E-state index in [-0.39, 0.29) is 36.0 Å². The Morgan fingerprint density at radius 1 is 0.525 bits per heavy atom. The summed E-state index contributed by atoms with van der Waals surface area (Å²) in [6.07, 6.45) is 16.7. The van der Waals surface area contributed by atoms with E-state index in [1.165, 1.54) is 0 Å². The van der Waals surface area contributed by atoms with Gasteiger partial charge in [-0.1, -0.05) is 125 Å². The molecule has 1 aliphatic rings. The van der Waals surface area contributed by atoms with Gasteiger partial charge >= 0.3 is 5.97 Å². The molecule has 0 bridgehead atoms. The number of unbranched alkanes of at least 4 members (excludes halogenated alkanes) is 5. The van der Waals surface area contributed by atoms with Crippen molar-refractivity contribution in [2.45, 2.75) is 201 Å². The summed E-state index contributed by atoms with van der Waals surface area (Å²) in [6.45, 7) is 15.7. The fourth-order valence-electron chi connectivity index (χ4n) is 12.6. The first kappa shape index (κ1) is 78.3. The van der Waals surface area contributed by atoms with E-state index >= 15 is 4.79 Å². The van der Waals surface area contributed by atoms with Gasteiger partial charge in [0, 0.05) is 108 Å². The lowest BCUT2D eigenvalue weighted by molar-refractivity contribution is -0.155. The van der Waals surface area contributed by atoms with Crippen LogP contribution in [0.15, 0.2) is 152 Å². The van der Waals surface area contributed by atoms with E-state index in [1.54, 1.807) is 24.5 Å². The van der Waals surface area contributed by atoms with Crippen molar-refractivity contribution in [1.82, 2.24) is 40.0 Å². The number of hydrogen-bond donors (Lipinski definition) is 3. The van der Waals surface area contributed by atoms with Crippen molar-refractivity contribution in [2.75, 3.05) is 56.8 Å². The first-order valence-electron chi connectivity index (χ1n) is 36.3. The minimum Gasteiger partial charge on any atom is -0.494 e. The number of nitrogens with zero attached hydrogens (tertiary/aromatic N) is 7. The van der Waals surface area contributed by atoms with Gasteiger partial charge in [0.2, 0.25) is 17.7 Å². The predicted molar refractivity (Wildman–Crippen MR) is 397 cm³/mol. The standard InChI is InChI=1S/C81H105ClN10O9/c1-6-8-11-30-75(93)88-73-28-21-26-70(86-73)60-90(58-68-24-13-17-43-83-68)55-63-52-64(56-91(59-69-25-14-18-44-84-69)61-71-27-22-29-74(87-71)89-76(94)31-12-9-7-2)54-72(53-63)100-48-20-19-46-92(79(97)81(41-15-10-16-42-81)66-37-39-67(82)40-38-66)57-62-33-35-65(36-34-62)78(96)85-45-49-99-51-50-98-47-23-32-77(95)101-80(3,4)5/h13-14,17-18,21-22,24-29,33-40,43-44,52-54H,6-12,15-16,19-20,23,30-32,41-42,45-51,55-61H2,1-5H3,(H,85,96)(H,86,88,93)(H,87,89,94). The van der Waals surface area contributed by atoms with Crippen molar-refractivity contribution in [3.8, 4) is 5.75 Å². The Morgan fingerprint density at radius 2 is 1.08 bits per heavy atom. The maximum atomic E-state index is 15.5. The number of ether oxygens (including phenoxy) is 4. The highest BCUT2D eigenvalue weighted by Gasteiger charge is 2.43. The first-order chi connectivity index (χ1) is 49.0. The Kier molecular flexibility index (Phi) is 32.6. The van der Waals surface area contributed by atoms with Crippen molar-refractivity contribution < 1.29 is 42.9 Å². The van der Waals surface area contributed by atoms with Crippen LogP contribution >= 0.6 is 11.6 Å². The lowest BCUT2D eigenvalue weighted by atomic mass is 9.68. The quantitative estimate of drug-likeness (QED) is 0.0239. The van der Waals surface area contributed by atoms with Crippen LogP contribution in [0.5, 0.6) is 5.75 Å². The molecule has 19 nitrogen and oxygen atoms in total. The lowest BCUT2D eigenvalue weighted by Gasteiger charge is -2.40. The molecule has 4 amide bonds. The smallest absolute Gasteiger partial charge is 0.306 e. The van der Waals surface area contributed by atoms with E-state index in [1.807, 2.05) is 135 Å². The van der Waals surface area contributed by atoms with E-state index in [9.17, 15) is 19.2 Å². The van der Waals surface area contributed by atoms with Crippen LogP contribution in [-0.4, -0.2) is 116 Å². The van der Waals surface area contributed by atoms with E-state index < -0.39 is 11.0 Å². The Bertz CT molecular complexity index is 3510. The van der Waals surface area contributed by atoms with Gasteiger partial charge in [-0.05, 0) is 173 Å². The van der Waals surface area contributed by atoms with E-state index in [2.05, 4.69) is 57.8 Å². The summed E-state index contributed by atoms with van der Waals surface area (Å²) in [7, 11) is 0. The van der Waals surface area contributed by atoms with Gasteiger partial charge in [-0.2, -0.15) is 0 Å². The van der Waals surface area contributed by atoms with Crippen molar-refractivity contribution in [1.29, 1.82) is 0 Å². The van der Waals surface area contributed by atoms with E-state index in [0.717, 1.165) is 116 Å². The molecule has 1 fully saturated rings. The molecule has 4 heterocycles. The van der Waals surface area contributed by atoms with Crippen molar-refractivity contribution >= 4 is 52.8 Å². The van der Waals surface area contributed by atoms with Crippen molar-refractivity contribution in [3.05, 3.63) is 208 Å². The molecule has 20 heteroatoms.